The lowest BCUT2D eigenvalue weighted by atomic mass is 9.90. The first-order valence-corrected chi connectivity index (χ1v) is 11.6. The standard InChI is InChI=1S/C27H28BrN3/c1-17(2)22-15-19(5)16-23(18(3)4)25(22)31-27(20-11-7-6-8-12-20)29-26(30-31)21-13-9-10-14-24(21)28/h6-18H,1-5H3. The molecule has 3 aromatic carbocycles. The minimum atomic E-state index is 0.368. The monoisotopic (exact) mass is 473 g/mol. The topological polar surface area (TPSA) is 30.7 Å². The van der Waals surface area contributed by atoms with Gasteiger partial charge in [-0.2, -0.15) is 0 Å². The maximum Gasteiger partial charge on any atom is 0.183 e. The van der Waals surface area contributed by atoms with Crippen molar-refractivity contribution in [2.75, 3.05) is 0 Å². The number of rotatable bonds is 5. The molecule has 0 bridgehead atoms. The van der Waals surface area contributed by atoms with Gasteiger partial charge in [-0.3, -0.25) is 0 Å². The van der Waals surface area contributed by atoms with Crippen molar-refractivity contribution in [1.29, 1.82) is 0 Å². The highest BCUT2D eigenvalue weighted by Crippen LogP contribution is 2.36. The Kier molecular flexibility index (Phi) is 6.10. The molecular weight excluding hydrogens is 446 g/mol. The van der Waals surface area contributed by atoms with Crippen molar-refractivity contribution in [3.05, 3.63) is 87.9 Å². The van der Waals surface area contributed by atoms with E-state index in [0.29, 0.717) is 11.8 Å². The number of aryl methyl sites for hydroxylation is 1. The van der Waals surface area contributed by atoms with Crippen LogP contribution in [0.5, 0.6) is 0 Å². The smallest absolute Gasteiger partial charge is 0.183 e. The molecule has 158 valence electrons. The molecule has 4 heteroatoms. The molecule has 0 spiro atoms. The highest BCUT2D eigenvalue weighted by atomic mass is 79.9. The Bertz CT molecular complexity index is 1180. The number of halogens is 1. The summed E-state index contributed by atoms with van der Waals surface area (Å²) in [4.78, 5) is 5.03. The van der Waals surface area contributed by atoms with Crippen LogP contribution in [0.3, 0.4) is 0 Å². The molecule has 4 rings (SSSR count). The van der Waals surface area contributed by atoms with Crippen LogP contribution in [0.1, 0.15) is 56.2 Å². The van der Waals surface area contributed by atoms with Gasteiger partial charge in [-0.15, -0.1) is 5.10 Å². The zero-order valence-electron chi connectivity index (χ0n) is 18.7. The fraction of sp³-hybridized carbons (Fsp3) is 0.259. The minimum Gasteiger partial charge on any atom is -0.212 e. The van der Waals surface area contributed by atoms with E-state index in [-0.39, 0.29) is 0 Å². The average Bonchev–Trinajstić information content (AvgIpc) is 3.18. The Balaban J connectivity index is 2.07. The average molecular weight is 474 g/mol. The van der Waals surface area contributed by atoms with Gasteiger partial charge in [0.25, 0.3) is 0 Å². The highest BCUT2D eigenvalue weighted by Gasteiger charge is 2.23. The van der Waals surface area contributed by atoms with Crippen LogP contribution < -0.4 is 0 Å². The summed E-state index contributed by atoms with van der Waals surface area (Å²) in [5.41, 5.74) is 7.07. The fourth-order valence-corrected chi connectivity index (χ4v) is 4.42. The third kappa shape index (κ3) is 4.22. The van der Waals surface area contributed by atoms with Gasteiger partial charge in [0, 0.05) is 15.6 Å². The summed E-state index contributed by atoms with van der Waals surface area (Å²) >= 11 is 3.67. The predicted molar refractivity (Wildman–Crippen MR) is 133 cm³/mol. The molecule has 0 saturated heterocycles. The first kappa shape index (κ1) is 21.5. The Morgan fingerprint density at radius 3 is 1.97 bits per heavy atom. The molecule has 0 aliphatic rings. The molecule has 0 fully saturated rings. The van der Waals surface area contributed by atoms with Crippen LogP contribution in [0.15, 0.2) is 71.2 Å². The molecule has 0 atom stereocenters. The molecule has 0 amide bonds. The van der Waals surface area contributed by atoms with Gasteiger partial charge in [0.1, 0.15) is 0 Å². The second kappa shape index (κ2) is 8.80. The summed E-state index contributed by atoms with van der Waals surface area (Å²) < 4.78 is 3.05. The molecule has 3 nitrogen and oxygen atoms in total. The van der Waals surface area contributed by atoms with Gasteiger partial charge in [0.05, 0.1) is 5.69 Å². The number of aromatic nitrogens is 3. The van der Waals surface area contributed by atoms with E-state index in [9.17, 15) is 0 Å². The summed E-state index contributed by atoms with van der Waals surface area (Å²) in [6.45, 7) is 11.2. The van der Waals surface area contributed by atoms with Crippen LogP contribution in [0.25, 0.3) is 28.5 Å². The second-order valence-corrected chi connectivity index (χ2v) is 9.47. The Hall–Kier alpha value is -2.72. The van der Waals surface area contributed by atoms with E-state index in [1.807, 2.05) is 36.4 Å². The van der Waals surface area contributed by atoms with E-state index in [1.54, 1.807) is 0 Å². The SMILES string of the molecule is Cc1cc(C(C)C)c(-n2nc(-c3ccccc3Br)nc2-c2ccccc2)c(C(C)C)c1. The van der Waals surface area contributed by atoms with Gasteiger partial charge in [0.15, 0.2) is 11.6 Å². The van der Waals surface area contributed by atoms with Gasteiger partial charge >= 0.3 is 0 Å². The van der Waals surface area contributed by atoms with E-state index in [1.165, 1.54) is 16.7 Å². The quantitative estimate of drug-likeness (QED) is 0.294. The third-order valence-electron chi connectivity index (χ3n) is 5.52. The van der Waals surface area contributed by atoms with E-state index in [2.05, 4.69) is 85.6 Å². The van der Waals surface area contributed by atoms with Gasteiger partial charge in [-0.05, 0) is 42.0 Å². The van der Waals surface area contributed by atoms with Crippen molar-refractivity contribution in [2.45, 2.75) is 46.5 Å². The molecule has 0 saturated carbocycles. The maximum absolute atomic E-state index is 5.08. The first-order chi connectivity index (χ1) is 14.9. The molecule has 0 aliphatic carbocycles. The van der Waals surface area contributed by atoms with Crippen molar-refractivity contribution in [2.24, 2.45) is 0 Å². The Morgan fingerprint density at radius 2 is 1.39 bits per heavy atom. The first-order valence-electron chi connectivity index (χ1n) is 10.8. The lowest BCUT2D eigenvalue weighted by molar-refractivity contribution is 0.772. The van der Waals surface area contributed by atoms with Crippen molar-refractivity contribution in [1.82, 2.24) is 14.8 Å². The zero-order chi connectivity index (χ0) is 22.1. The van der Waals surface area contributed by atoms with Crippen LogP contribution >= 0.6 is 15.9 Å². The fourth-order valence-electron chi connectivity index (χ4n) is 3.96. The van der Waals surface area contributed by atoms with Gasteiger partial charge in [-0.1, -0.05) is 104 Å². The summed E-state index contributed by atoms with van der Waals surface area (Å²) in [6, 6.07) is 23.0. The van der Waals surface area contributed by atoms with Gasteiger partial charge in [-0.25, -0.2) is 9.67 Å². The van der Waals surface area contributed by atoms with Gasteiger partial charge < -0.3 is 0 Å². The van der Waals surface area contributed by atoms with Crippen LogP contribution in [0.2, 0.25) is 0 Å². The zero-order valence-corrected chi connectivity index (χ0v) is 20.3. The molecule has 1 heterocycles. The lowest BCUT2D eigenvalue weighted by Crippen LogP contribution is -2.10. The van der Waals surface area contributed by atoms with Crippen molar-refractivity contribution >= 4 is 15.9 Å². The van der Waals surface area contributed by atoms with E-state index >= 15 is 0 Å². The summed E-state index contributed by atoms with van der Waals surface area (Å²) in [7, 11) is 0. The summed E-state index contributed by atoms with van der Waals surface area (Å²) in [5, 5.41) is 5.08. The Morgan fingerprint density at radius 1 is 0.806 bits per heavy atom. The molecule has 1 aromatic heterocycles. The van der Waals surface area contributed by atoms with E-state index in [4.69, 9.17) is 10.1 Å². The normalized spacial score (nSPS) is 11.5. The van der Waals surface area contributed by atoms with Crippen LogP contribution in [0, 0.1) is 6.92 Å². The highest BCUT2D eigenvalue weighted by molar-refractivity contribution is 9.10. The summed E-state index contributed by atoms with van der Waals surface area (Å²) in [6.07, 6.45) is 0. The van der Waals surface area contributed by atoms with Crippen LogP contribution in [0.4, 0.5) is 0 Å². The number of nitrogens with zero attached hydrogens (tertiary/aromatic N) is 3. The number of hydrogen-bond acceptors (Lipinski definition) is 2. The van der Waals surface area contributed by atoms with Crippen molar-refractivity contribution in [3.8, 4) is 28.5 Å². The van der Waals surface area contributed by atoms with Crippen LogP contribution in [-0.2, 0) is 0 Å². The van der Waals surface area contributed by atoms with Crippen LogP contribution in [-0.4, -0.2) is 14.8 Å². The molecule has 0 unspecified atom stereocenters. The number of hydrogen-bond donors (Lipinski definition) is 0. The largest absolute Gasteiger partial charge is 0.212 e. The lowest BCUT2D eigenvalue weighted by Gasteiger charge is -2.21. The molecule has 0 radical (unpaired) electrons. The second-order valence-electron chi connectivity index (χ2n) is 8.62. The predicted octanol–water partition coefficient (Wildman–Crippen LogP) is 7.92. The maximum atomic E-state index is 5.08. The summed E-state index contributed by atoms with van der Waals surface area (Å²) in [5.74, 6) is 2.31. The van der Waals surface area contributed by atoms with Gasteiger partial charge in [0.2, 0.25) is 0 Å². The van der Waals surface area contributed by atoms with E-state index in [0.717, 1.165) is 32.9 Å². The molecule has 0 N–H and O–H groups in total. The van der Waals surface area contributed by atoms with E-state index < -0.39 is 0 Å². The molecular formula is C27H28BrN3. The Labute approximate surface area is 193 Å². The third-order valence-corrected chi connectivity index (χ3v) is 6.21. The van der Waals surface area contributed by atoms with Crippen molar-refractivity contribution in [3.63, 3.8) is 0 Å². The van der Waals surface area contributed by atoms with Crippen molar-refractivity contribution < 1.29 is 0 Å². The number of benzene rings is 3. The molecule has 0 aliphatic heterocycles. The molecule has 4 aromatic rings. The minimum absolute atomic E-state index is 0.368. The molecule has 31 heavy (non-hydrogen) atoms.